The minimum Gasteiger partial charge on any atom is -0.871 e. The number of halogens is 2. The number of hydrogen-bond acceptors (Lipinski definition) is 15. The standard InChI is InChI=1S/C46H52Cl2N2O13.3C4H12N/c1-28-4-8-34(36(24-28)57-2)49-12-16-59-20-22-61-18-14-50(15-19-62-23-21-60-17-13-49)35-9-5-29(27-37(35)58-3)40-32-25-30(6-10-38(51)52)43(55)41(47)45(32)63-46-33(40)26-31(7-11-39(53)54)44(56)42(46)48;3*1-5(2,3)4/h4-5,8-9,24-27,55H,6-7,10-23H2,1-3H3,(H,51,52)(H,53,54);3*1-4H3/q;3*+1/p-3. The molecule has 3 aromatic carbocycles. The summed E-state index contributed by atoms with van der Waals surface area (Å²) in [5.74, 6) is -2.19. The molecule has 2 aliphatic heterocycles. The Kier molecular flexibility index (Phi) is 26.9. The van der Waals surface area contributed by atoms with E-state index in [1.165, 1.54) is 19.2 Å². The van der Waals surface area contributed by atoms with Crippen LogP contribution in [0.3, 0.4) is 0 Å². The van der Waals surface area contributed by atoms with Crippen molar-refractivity contribution in [3.05, 3.63) is 85.5 Å². The highest BCUT2D eigenvalue weighted by atomic mass is 35.5. The van der Waals surface area contributed by atoms with Crippen LogP contribution in [0.25, 0.3) is 33.4 Å². The van der Waals surface area contributed by atoms with E-state index >= 15 is 0 Å². The second-order valence-electron chi connectivity index (χ2n) is 22.9. The zero-order valence-electron chi connectivity index (χ0n) is 48.7. The molecule has 20 heteroatoms. The summed E-state index contributed by atoms with van der Waals surface area (Å²) in [6.07, 6.45) is -1.23. The number of benzene rings is 4. The van der Waals surface area contributed by atoms with Gasteiger partial charge in [0.15, 0.2) is 11.3 Å². The predicted molar refractivity (Wildman–Crippen MR) is 305 cm³/mol. The van der Waals surface area contributed by atoms with E-state index in [1.54, 1.807) is 13.2 Å². The zero-order valence-corrected chi connectivity index (χ0v) is 50.2. The SMILES string of the molecule is COc1cc(C)ccc1N1CCOCCOCCN(c2ccc(-c3c4cc(CCC(=O)[O-])c(=O)c(Cl)c-4oc4c(Cl)c([O-])c(CCC(=O)[O-])cc34)cc2OC)CCOCCOCC1.C[N+](C)(C)C.C[N+](C)(C)C.C[N+](C)(C)C. The van der Waals surface area contributed by atoms with Crippen LogP contribution in [0.5, 0.6) is 17.2 Å². The average molecular weight is 1130 g/mol. The molecule has 0 atom stereocenters. The highest BCUT2D eigenvalue weighted by Gasteiger charge is 2.27. The Morgan fingerprint density at radius 3 is 1.42 bits per heavy atom. The van der Waals surface area contributed by atoms with E-state index in [9.17, 15) is 29.7 Å². The minimum absolute atomic E-state index is 0.0770. The monoisotopic (exact) mass is 1130 g/mol. The minimum atomic E-state index is -1.35. The smallest absolute Gasteiger partial charge is 0.204 e. The van der Waals surface area contributed by atoms with Crippen molar-refractivity contribution in [3.8, 4) is 39.7 Å². The Balaban J connectivity index is 0.000000940. The second-order valence-corrected chi connectivity index (χ2v) is 23.6. The van der Waals surface area contributed by atoms with Crippen molar-refractivity contribution in [2.24, 2.45) is 0 Å². The first-order valence-corrected chi connectivity index (χ1v) is 26.7. The number of fused-ring (bicyclic) bond motifs is 2. The number of aliphatic carboxylic acids is 2. The number of ether oxygens (including phenoxy) is 6. The number of aryl methyl sites for hydroxylation is 3. The summed E-state index contributed by atoms with van der Waals surface area (Å²) < 4.78 is 44.7. The van der Waals surface area contributed by atoms with Gasteiger partial charge in [0.2, 0.25) is 5.43 Å². The van der Waals surface area contributed by atoms with Crippen molar-refractivity contribution in [1.29, 1.82) is 0 Å². The van der Waals surface area contributed by atoms with Gasteiger partial charge in [-0.1, -0.05) is 46.6 Å². The van der Waals surface area contributed by atoms with Crippen molar-refractivity contribution >= 4 is 57.5 Å². The van der Waals surface area contributed by atoms with Gasteiger partial charge in [0.05, 0.1) is 168 Å². The lowest BCUT2D eigenvalue weighted by molar-refractivity contribution is -0.849. The molecular formula is C58H85Cl2N5O13. The Morgan fingerprint density at radius 1 is 0.590 bits per heavy atom. The van der Waals surface area contributed by atoms with Gasteiger partial charge in [-0.2, -0.15) is 0 Å². The van der Waals surface area contributed by atoms with Crippen LogP contribution >= 0.6 is 23.2 Å². The number of anilines is 2. The molecule has 0 bridgehead atoms. The summed E-state index contributed by atoms with van der Waals surface area (Å²) >= 11 is 13.3. The van der Waals surface area contributed by atoms with E-state index < -0.39 is 36.0 Å². The van der Waals surface area contributed by atoms with Gasteiger partial charge in [-0.05, 0) is 80.1 Å². The molecule has 0 aromatic heterocycles. The fraction of sp³-hybridized carbons (Fsp3) is 0.534. The van der Waals surface area contributed by atoms with E-state index in [0.717, 1.165) is 30.4 Å². The molecule has 78 heavy (non-hydrogen) atoms. The Hall–Kier alpha value is -5.41. The van der Waals surface area contributed by atoms with E-state index in [1.807, 2.05) is 31.2 Å². The molecule has 0 saturated carbocycles. The topological polar surface area (TPSA) is 195 Å². The Morgan fingerprint density at radius 2 is 1.00 bits per heavy atom. The number of rotatable bonds is 11. The number of carboxylic acids is 2. The lowest BCUT2D eigenvalue weighted by Gasteiger charge is -2.28. The van der Waals surface area contributed by atoms with Crippen molar-refractivity contribution < 1.29 is 71.2 Å². The summed E-state index contributed by atoms with van der Waals surface area (Å²) in [5.41, 5.74) is 3.53. The number of carboxylic acid groups (broad SMARTS) is 2. The molecule has 3 aliphatic rings. The summed E-state index contributed by atoms with van der Waals surface area (Å²) in [6.45, 7) is 7.35. The van der Waals surface area contributed by atoms with E-state index in [-0.39, 0.29) is 45.4 Å². The highest BCUT2D eigenvalue weighted by molar-refractivity contribution is 6.37. The number of hydrogen-bond donors (Lipinski definition) is 0. The highest BCUT2D eigenvalue weighted by Crippen LogP contribution is 2.48. The number of carbonyl (C=O) groups is 2. The number of quaternary nitrogens is 3. The van der Waals surface area contributed by atoms with Crippen molar-refractivity contribution in [2.75, 3.05) is 188 Å². The lowest BCUT2D eigenvalue weighted by atomic mass is 9.90. The maximum absolute atomic E-state index is 13.4. The second kappa shape index (κ2) is 31.4. The van der Waals surface area contributed by atoms with Crippen molar-refractivity contribution in [1.82, 2.24) is 0 Å². The molecule has 434 valence electrons. The summed E-state index contributed by atoms with van der Waals surface area (Å²) in [7, 11) is 28.7. The number of methoxy groups -OCH3 is 2. The first-order chi connectivity index (χ1) is 36.4. The molecule has 0 radical (unpaired) electrons. The summed E-state index contributed by atoms with van der Waals surface area (Å²) in [5, 5.41) is 35.8. The maximum Gasteiger partial charge on any atom is 0.204 e. The van der Waals surface area contributed by atoms with Gasteiger partial charge in [0.25, 0.3) is 0 Å². The van der Waals surface area contributed by atoms with Gasteiger partial charge in [-0.25, -0.2) is 0 Å². The fourth-order valence-electron chi connectivity index (χ4n) is 7.50. The van der Waals surface area contributed by atoms with Gasteiger partial charge in [-0.15, -0.1) is 0 Å². The molecule has 0 unspecified atom stereocenters. The van der Waals surface area contributed by atoms with E-state index in [4.69, 9.17) is 56.0 Å². The van der Waals surface area contributed by atoms with Gasteiger partial charge in [0, 0.05) is 60.2 Å². The summed E-state index contributed by atoms with van der Waals surface area (Å²) in [4.78, 5) is 40.4. The van der Waals surface area contributed by atoms with Crippen LogP contribution in [-0.2, 0) is 41.4 Å². The third kappa shape index (κ3) is 23.5. The molecular weight excluding hydrogens is 1050 g/mol. The Bertz CT molecular complexity index is 2670. The van der Waals surface area contributed by atoms with Gasteiger partial charge < -0.3 is 81.0 Å². The van der Waals surface area contributed by atoms with Gasteiger partial charge in [0.1, 0.15) is 16.5 Å². The third-order valence-electron chi connectivity index (χ3n) is 10.7. The van der Waals surface area contributed by atoms with Crippen molar-refractivity contribution in [3.63, 3.8) is 0 Å². The molecule has 0 amide bonds. The Labute approximate surface area is 472 Å². The molecule has 1 aliphatic carbocycles. The van der Waals surface area contributed by atoms with Crippen LogP contribution in [0.2, 0.25) is 10.0 Å². The van der Waals surface area contributed by atoms with Gasteiger partial charge >= 0.3 is 0 Å². The maximum atomic E-state index is 13.4. The molecule has 0 spiro atoms. The number of nitrogens with zero attached hydrogens (tertiary/aromatic N) is 5. The number of carbonyl (C=O) groups excluding carboxylic acids is 2. The average Bonchev–Trinajstić information content (AvgIpc) is 3.33. The molecule has 6 rings (SSSR count). The first-order valence-electron chi connectivity index (χ1n) is 25.9. The van der Waals surface area contributed by atoms with Crippen LogP contribution in [0, 0.1) is 6.92 Å². The van der Waals surface area contributed by atoms with Gasteiger partial charge in [-0.3, -0.25) is 4.79 Å². The quantitative estimate of drug-likeness (QED) is 0.127. The fourth-order valence-corrected chi connectivity index (χ4v) is 8.02. The van der Waals surface area contributed by atoms with Crippen LogP contribution in [-0.4, -0.2) is 203 Å². The van der Waals surface area contributed by atoms with E-state index in [2.05, 4.69) is 100 Å². The summed E-state index contributed by atoms with van der Waals surface area (Å²) in [6, 6.07) is 14.5. The molecule has 1 saturated heterocycles. The third-order valence-corrected chi connectivity index (χ3v) is 11.4. The first kappa shape index (κ1) is 66.9. The predicted octanol–water partition coefficient (Wildman–Crippen LogP) is 5.00. The van der Waals surface area contributed by atoms with Crippen LogP contribution < -0.4 is 40.0 Å². The largest absolute Gasteiger partial charge is 0.871 e. The molecule has 1 fully saturated rings. The van der Waals surface area contributed by atoms with Crippen LogP contribution in [0.15, 0.2) is 57.7 Å². The van der Waals surface area contributed by atoms with Crippen molar-refractivity contribution in [2.45, 2.75) is 32.6 Å². The van der Waals surface area contributed by atoms with E-state index in [0.29, 0.717) is 113 Å². The zero-order chi connectivity index (χ0) is 58.5. The molecule has 18 nitrogen and oxygen atoms in total. The van der Waals surface area contributed by atoms with Crippen LogP contribution in [0.4, 0.5) is 11.4 Å². The molecule has 2 heterocycles. The normalized spacial score (nSPS) is 14.6. The van der Waals surface area contributed by atoms with Crippen LogP contribution in [0.1, 0.15) is 29.5 Å². The lowest BCUT2D eigenvalue weighted by Crippen LogP contribution is -2.33. The molecule has 3 aromatic rings. The molecule has 0 N–H and O–H groups in total.